The van der Waals surface area contributed by atoms with E-state index in [1.807, 2.05) is 30.3 Å². The Hall–Kier alpha value is -2.89. The standard InChI is InChI=1S/C13H10N4O2/c14-13-15-11-6-9(12(18)19)10(7-17(11)16-13)8-4-2-1-3-5-8/h1-7H,(H2,14,16)(H,18,19). The van der Waals surface area contributed by atoms with E-state index >= 15 is 0 Å². The fourth-order valence-electron chi connectivity index (χ4n) is 1.97. The molecule has 2 heterocycles. The first-order valence-corrected chi connectivity index (χ1v) is 5.60. The summed E-state index contributed by atoms with van der Waals surface area (Å²) in [4.78, 5) is 15.3. The molecule has 0 radical (unpaired) electrons. The summed E-state index contributed by atoms with van der Waals surface area (Å²) in [7, 11) is 0. The van der Waals surface area contributed by atoms with Crippen molar-refractivity contribution in [2.45, 2.75) is 0 Å². The van der Waals surface area contributed by atoms with Crippen LogP contribution in [0.4, 0.5) is 5.95 Å². The third-order valence-electron chi connectivity index (χ3n) is 2.80. The van der Waals surface area contributed by atoms with Crippen LogP contribution in [0.15, 0.2) is 42.6 Å². The van der Waals surface area contributed by atoms with Crippen LogP contribution < -0.4 is 5.73 Å². The fourth-order valence-corrected chi connectivity index (χ4v) is 1.97. The van der Waals surface area contributed by atoms with Crippen molar-refractivity contribution in [1.82, 2.24) is 14.6 Å². The molecule has 0 amide bonds. The average molecular weight is 254 g/mol. The van der Waals surface area contributed by atoms with Crippen molar-refractivity contribution < 1.29 is 9.90 Å². The number of nitrogens with zero attached hydrogens (tertiary/aromatic N) is 3. The fraction of sp³-hybridized carbons (Fsp3) is 0. The SMILES string of the molecule is Nc1nc2cc(C(=O)O)c(-c3ccccc3)cn2n1. The summed E-state index contributed by atoms with van der Waals surface area (Å²) >= 11 is 0. The van der Waals surface area contributed by atoms with E-state index in [0.29, 0.717) is 11.2 Å². The number of benzene rings is 1. The molecule has 19 heavy (non-hydrogen) atoms. The molecular formula is C13H10N4O2. The Morgan fingerprint density at radius 3 is 2.68 bits per heavy atom. The number of aromatic nitrogens is 3. The summed E-state index contributed by atoms with van der Waals surface area (Å²) in [5.41, 5.74) is 7.48. The van der Waals surface area contributed by atoms with Gasteiger partial charge in [-0.2, -0.15) is 4.98 Å². The highest BCUT2D eigenvalue weighted by Crippen LogP contribution is 2.24. The Morgan fingerprint density at radius 1 is 1.26 bits per heavy atom. The van der Waals surface area contributed by atoms with Crippen LogP contribution >= 0.6 is 0 Å². The lowest BCUT2D eigenvalue weighted by atomic mass is 10.0. The van der Waals surface area contributed by atoms with Crippen molar-refractivity contribution in [3.8, 4) is 11.1 Å². The number of carboxylic acids is 1. The minimum absolute atomic E-state index is 0.113. The van der Waals surface area contributed by atoms with E-state index in [1.54, 1.807) is 6.20 Å². The minimum atomic E-state index is -1.01. The van der Waals surface area contributed by atoms with Crippen molar-refractivity contribution in [3.05, 3.63) is 48.2 Å². The van der Waals surface area contributed by atoms with E-state index in [2.05, 4.69) is 10.1 Å². The predicted octanol–water partition coefficient (Wildman–Crippen LogP) is 1.68. The largest absolute Gasteiger partial charge is 0.478 e. The highest BCUT2D eigenvalue weighted by Gasteiger charge is 2.15. The van der Waals surface area contributed by atoms with Gasteiger partial charge in [0.15, 0.2) is 5.65 Å². The molecule has 3 aromatic rings. The van der Waals surface area contributed by atoms with E-state index < -0.39 is 5.97 Å². The molecule has 0 saturated heterocycles. The van der Waals surface area contributed by atoms with Gasteiger partial charge in [0.25, 0.3) is 0 Å². The third-order valence-corrected chi connectivity index (χ3v) is 2.80. The van der Waals surface area contributed by atoms with Crippen molar-refractivity contribution in [3.63, 3.8) is 0 Å². The third kappa shape index (κ3) is 1.89. The van der Waals surface area contributed by atoms with Crippen LogP contribution in [-0.4, -0.2) is 25.7 Å². The molecule has 6 nitrogen and oxygen atoms in total. The second kappa shape index (κ2) is 4.09. The molecule has 2 aromatic heterocycles. The molecule has 3 rings (SSSR count). The van der Waals surface area contributed by atoms with Gasteiger partial charge < -0.3 is 10.8 Å². The van der Waals surface area contributed by atoms with Gasteiger partial charge in [-0.3, -0.25) is 0 Å². The summed E-state index contributed by atoms with van der Waals surface area (Å²) < 4.78 is 1.48. The lowest BCUT2D eigenvalue weighted by Crippen LogP contribution is -2.02. The molecule has 0 aliphatic carbocycles. The Labute approximate surface area is 108 Å². The molecule has 0 saturated carbocycles. The molecule has 0 unspecified atom stereocenters. The maximum Gasteiger partial charge on any atom is 0.336 e. The van der Waals surface area contributed by atoms with Crippen molar-refractivity contribution in [2.75, 3.05) is 5.73 Å². The van der Waals surface area contributed by atoms with Gasteiger partial charge in [-0.05, 0) is 11.6 Å². The van der Waals surface area contributed by atoms with Crippen LogP contribution in [0.1, 0.15) is 10.4 Å². The lowest BCUT2D eigenvalue weighted by Gasteiger charge is -2.06. The van der Waals surface area contributed by atoms with Crippen LogP contribution in [-0.2, 0) is 0 Å². The van der Waals surface area contributed by atoms with E-state index in [4.69, 9.17) is 5.73 Å². The van der Waals surface area contributed by atoms with Crippen LogP contribution in [0, 0.1) is 0 Å². The second-order valence-corrected chi connectivity index (χ2v) is 4.04. The molecule has 0 bridgehead atoms. The van der Waals surface area contributed by atoms with Gasteiger partial charge in [-0.25, -0.2) is 9.31 Å². The Balaban J connectivity index is 2.32. The summed E-state index contributed by atoms with van der Waals surface area (Å²) in [5, 5.41) is 13.3. The average Bonchev–Trinajstić information content (AvgIpc) is 2.77. The molecule has 0 aliphatic heterocycles. The molecule has 1 aromatic carbocycles. The molecule has 0 atom stereocenters. The molecule has 0 aliphatic rings. The van der Waals surface area contributed by atoms with Crippen LogP contribution in [0.3, 0.4) is 0 Å². The van der Waals surface area contributed by atoms with E-state index in [0.717, 1.165) is 5.56 Å². The molecule has 0 spiro atoms. The Morgan fingerprint density at radius 2 is 2.00 bits per heavy atom. The molecule has 0 fully saturated rings. The number of rotatable bonds is 2. The van der Waals surface area contributed by atoms with Crippen LogP contribution in [0.25, 0.3) is 16.8 Å². The number of carbonyl (C=O) groups is 1. The summed E-state index contributed by atoms with van der Waals surface area (Å²) in [5.74, 6) is -0.899. The van der Waals surface area contributed by atoms with Gasteiger partial charge in [0.2, 0.25) is 5.95 Å². The zero-order valence-corrected chi connectivity index (χ0v) is 9.82. The van der Waals surface area contributed by atoms with Gasteiger partial charge in [0, 0.05) is 11.8 Å². The number of nitrogen functional groups attached to an aromatic ring is 1. The Kier molecular flexibility index (Phi) is 2.42. The van der Waals surface area contributed by atoms with Gasteiger partial charge in [-0.15, -0.1) is 5.10 Å². The lowest BCUT2D eigenvalue weighted by molar-refractivity contribution is 0.0697. The number of anilines is 1. The maximum atomic E-state index is 11.4. The topological polar surface area (TPSA) is 93.5 Å². The number of fused-ring (bicyclic) bond motifs is 1. The highest BCUT2D eigenvalue weighted by atomic mass is 16.4. The monoisotopic (exact) mass is 254 g/mol. The van der Waals surface area contributed by atoms with Gasteiger partial charge >= 0.3 is 5.97 Å². The first-order valence-electron chi connectivity index (χ1n) is 5.60. The Bertz CT molecular complexity index is 765. The smallest absolute Gasteiger partial charge is 0.336 e. The number of hydrogen-bond acceptors (Lipinski definition) is 4. The first-order chi connectivity index (χ1) is 9.15. The zero-order chi connectivity index (χ0) is 13.4. The zero-order valence-electron chi connectivity index (χ0n) is 9.82. The van der Waals surface area contributed by atoms with Crippen molar-refractivity contribution in [1.29, 1.82) is 0 Å². The highest BCUT2D eigenvalue weighted by molar-refractivity contribution is 5.96. The number of hydrogen-bond donors (Lipinski definition) is 2. The molecule has 94 valence electrons. The van der Waals surface area contributed by atoms with Crippen molar-refractivity contribution in [2.24, 2.45) is 0 Å². The number of nitrogens with two attached hydrogens (primary N) is 1. The first kappa shape index (κ1) is 11.2. The van der Waals surface area contributed by atoms with Gasteiger partial charge in [-0.1, -0.05) is 30.3 Å². The quantitative estimate of drug-likeness (QED) is 0.725. The van der Waals surface area contributed by atoms with Crippen LogP contribution in [0.5, 0.6) is 0 Å². The summed E-state index contributed by atoms with van der Waals surface area (Å²) in [6.45, 7) is 0. The summed E-state index contributed by atoms with van der Waals surface area (Å²) in [6.07, 6.45) is 1.62. The number of carboxylic acid groups (broad SMARTS) is 1. The van der Waals surface area contributed by atoms with E-state index in [1.165, 1.54) is 10.6 Å². The van der Waals surface area contributed by atoms with E-state index in [9.17, 15) is 9.90 Å². The van der Waals surface area contributed by atoms with E-state index in [-0.39, 0.29) is 11.5 Å². The maximum absolute atomic E-state index is 11.4. The van der Waals surface area contributed by atoms with Gasteiger partial charge in [0.05, 0.1) is 5.56 Å². The molecule has 3 N–H and O–H groups in total. The van der Waals surface area contributed by atoms with Crippen LogP contribution in [0.2, 0.25) is 0 Å². The summed E-state index contributed by atoms with van der Waals surface area (Å²) in [6, 6.07) is 10.7. The molecular weight excluding hydrogens is 244 g/mol. The molecule has 6 heteroatoms. The predicted molar refractivity (Wildman–Crippen MR) is 69.8 cm³/mol. The van der Waals surface area contributed by atoms with Gasteiger partial charge in [0.1, 0.15) is 0 Å². The second-order valence-electron chi connectivity index (χ2n) is 4.04. The number of aromatic carboxylic acids is 1. The normalized spacial score (nSPS) is 10.7. The number of pyridine rings is 1. The van der Waals surface area contributed by atoms with Crippen molar-refractivity contribution >= 4 is 17.6 Å². The minimum Gasteiger partial charge on any atom is -0.478 e.